The summed E-state index contributed by atoms with van der Waals surface area (Å²) in [5.41, 5.74) is 1.32. The van der Waals surface area contributed by atoms with Crippen molar-refractivity contribution in [1.82, 2.24) is 0 Å². The molecule has 3 N–H and O–H groups in total. The molecule has 124 valence electrons. The van der Waals surface area contributed by atoms with E-state index in [0.29, 0.717) is 12.4 Å². The van der Waals surface area contributed by atoms with Gasteiger partial charge in [0.2, 0.25) is 5.78 Å². The highest BCUT2D eigenvalue weighted by atomic mass is 16.5. The minimum absolute atomic E-state index is 0. The smallest absolute Gasteiger partial charge is 0.262 e. The number of hydrogen-bond donors (Lipinski definition) is 1. The van der Waals surface area contributed by atoms with Crippen LogP contribution in [0.25, 0.3) is 0 Å². The van der Waals surface area contributed by atoms with E-state index in [4.69, 9.17) is 9.47 Å². The largest absolute Gasteiger partial charge is 0.487 e. The first-order valence-corrected chi connectivity index (χ1v) is 6.95. The first kappa shape index (κ1) is 17.2. The van der Waals surface area contributed by atoms with Crippen LogP contribution in [0, 0.1) is 0 Å². The number of carbonyl (C=O) groups excluding carboxylic acids is 3. The van der Waals surface area contributed by atoms with Crippen LogP contribution in [-0.4, -0.2) is 30.1 Å². The summed E-state index contributed by atoms with van der Waals surface area (Å²) in [6, 6.07) is 12.5. The quantitative estimate of drug-likeness (QED) is 0.502. The topological polar surface area (TPSA) is 113 Å². The summed E-state index contributed by atoms with van der Waals surface area (Å²) in [7, 11) is 0. The average Bonchev–Trinajstić information content (AvgIpc) is 2.59. The monoisotopic (exact) mass is 329 g/mol. The molecule has 0 fully saturated rings. The SMILES string of the molecule is O.O=CC(=O)c1ccc(OCc2ccccc2)c2c1OCC(=O)N2. The van der Waals surface area contributed by atoms with Crippen LogP contribution in [0.4, 0.5) is 5.69 Å². The van der Waals surface area contributed by atoms with Gasteiger partial charge in [0.1, 0.15) is 18.0 Å². The Morgan fingerprint density at radius 2 is 1.96 bits per heavy atom. The molecule has 1 aliphatic heterocycles. The number of rotatable bonds is 5. The number of hydrogen-bond acceptors (Lipinski definition) is 5. The standard InChI is InChI=1S/C17H13NO5.H2O/c19-8-13(20)12-6-7-14(16-17(12)23-10-15(21)18-16)22-9-11-4-2-1-3-5-11;/h1-8H,9-10H2,(H,18,21);1H2. The molecule has 0 saturated heterocycles. The zero-order chi connectivity index (χ0) is 16.2. The van der Waals surface area contributed by atoms with Crippen molar-refractivity contribution in [3.63, 3.8) is 0 Å². The van der Waals surface area contributed by atoms with Crippen molar-refractivity contribution in [2.24, 2.45) is 0 Å². The van der Waals surface area contributed by atoms with E-state index in [1.165, 1.54) is 12.1 Å². The van der Waals surface area contributed by atoms with Crippen molar-refractivity contribution in [2.75, 3.05) is 11.9 Å². The normalized spacial score (nSPS) is 12.1. The summed E-state index contributed by atoms with van der Waals surface area (Å²) < 4.78 is 11.0. The lowest BCUT2D eigenvalue weighted by atomic mass is 10.1. The molecule has 0 aromatic heterocycles. The summed E-state index contributed by atoms with van der Waals surface area (Å²) in [6.45, 7) is 0.0817. The van der Waals surface area contributed by atoms with Crippen LogP contribution in [0.2, 0.25) is 0 Å². The number of benzene rings is 2. The van der Waals surface area contributed by atoms with Gasteiger partial charge in [0.25, 0.3) is 5.91 Å². The molecular formula is C17H15NO6. The van der Waals surface area contributed by atoms with Crippen LogP contribution in [0.15, 0.2) is 42.5 Å². The zero-order valence-corrected chi connectivity index (χ0v) is 12.6. The summed E-state index contributed by atoms with van der Waals surface area (Å²) in [6.07, 6.45) is 0.208. The number of amides is 1. The molecule has 0 aliphatic carbocycles. The molecule has 0 spiro atoms. The molecule has 3 rings (SSSR count). The molecule has 24 heavy (non-hydrogen) atoms. The summed E-state index contributed by atoms with van der Waals surface area (Å²) >= 11 is 0. The molecule has 0 bridgehead atoms. The molecule has 7 nitrogen and oxygen atoms in total. The Kier molecular flexibility index (Phi) is 5.28. The van der Waals surface area contributed by atoms with Crippen LogP contribution in [0.3, 0.4) is 0 Å². The first-order valence-electron chi connectivity index (χ1n) is 6.95. The van der Waals surface area contributed by atoms with Crippen LogP contribution < -0.4 is 14.8 Å². The number of anilines is 1. The minimum Gasteiger partial charge on any atom is -0.487 e. The fraction of sp³-hybridized carbons (Fsp3) is 0.118. The molecule has 1 heterocycles. The number of nitrogens with one attached hydrogen (secondary N) is 1. The van der Waals surface area contributed by atoms with E-state index in [1.807, 2.05) is 30.3 Å². The fourth-order valence-corrected chi connectivity index (χ4v) is 2.26. The molecular weight excluding hydrogens is 314 g/mol. The van der Waals surface area contributed by atoms with Crippen molar-refractivity contribution < 1.29 is 29.3 Å². The zero-order valence-electron chi connectivity index (χ0n) is 12.6. The number of ether oxygens (including phenoxy) is 2. The predicted molar refractivity (Wildman–Crippen MR) is 85.3 cm³/mol. The van der Waals surface area contributed by atoms with Gasteiger partial charge in [0.05, 0.1) is 5.56 Å². The van der Waals surface area contributed by atoms with E-state index in [0.717, 1.165) is 5.56 Å². The van der Waals surface area contributed by atoms with Gasteiger partial charge in [0.15, 0.2) is 18.6 Å². The molecule has 1 aliphatic rings. The molecule has 7 heteroatoms. The highest BCUT2D eigenvalue weighted by molar-refractivity contribution is 6.34. The second kappa shape index (κ2) is 7.38. The van der Waals surface area contributed by atoms with Crippen molar-refractivity contribution in [2.45, 2.75) is 6.61 Å². The Balaban J connectivity index is 0.00000208. The predicted octanol–water partition coefficient (Wildman–Crippen LogP) is 1.15. The van der Waals surface area contributed by atoms with Crippen molar-refractivity contribution >= 4 is 23.7 Å². The lowest BCUT2D eigenvalue weighted by molar-refractivity contribution is -0.118. The Hall–Kier alpha value is -3.19. The van der Waals surface area contributed by atoms with Gasteiger partial charge in [-0.15, -0.1) is 0 Å². The lowest BCUT2D eigenvalue weighted by Crippen LogP contribution is -2.27. The van der Waals surface area contributed by atoms with Crippen molar-refractivity contribution in [3.8, 4) is 11.5 Å². The summed E-state index contributed by atoms with van der Waals surface area (Å²) in [5, 5.41) is 2.63. The third kappa shape index (κ3) is 3.41. The molecule has 2 aromatic rings. The fourth-order valence-electron chi connectivity index (χ4n) is 2.26. The molecule has 0 unspecified atom stereocenters. The third-order valence-electron chi connectivity index (χ3n) is 3.34. The van der Waals surface area contributed by atoms with Gasteiger partial charge >= 0.3 is 0 Å². The average molecular weight is 329 g/mol. The van der Waals surface area contributed by atoms with Crippen LogP contribution >= 0.6 is 0 Å². The summed E-state index contributed by atoms with van der Waals surface area (Å²) in [5.74, 6) is -0.531. The lowest BCUT2D eigenvalue weighted by Gasteiger charge is -2.22. The number of aldehydes is 1. The number of ketones is 1. The Bertz CT molecular complexity index is 772. The maximum absolute atomic E-state index is 11.7. The summed E-state index contributed by atoms with van der Waals surface area (Å²) in [4.78, 5) is 33.9. The first-order chi connectivity index (χ1) is 11.2. The van der Waals surface area contributed by atoms with E-state index in [1.54, 1.807) is 0 Å². The third-order valence-corrected chi connectivity index (χ3v) is 3.34. The van der Waals surface area contributed by atoms with Crippen LogP contribution in [-0.2, 0) is 16.2 Å². The van der Waals surface area contributed by atoms with Gasteiger partial charge in [0, 0.05) is 0 Å². The van der Waals surface area contributed by atoms with E-state index in [-0.39, 0.29) is 41.3 Å². The molecule has 0 atom stereocenters. The maximum atomic E-state index is 11.7. The van der Waals surface area contributed by atoms with Crippen LogP contribution in [0.1, 0.15) is 15.9 Å². The Morgan fingerprint density at radius 3 is 2.67 bits per heavy atom. The second-order valence-corrected chi connectivity index (χ2v) is 4.91. The van der Waals surface area contributed by atoms with Gasteiger partial charge in [-0.2, -0.15) is 0 Å². The molecule has 2 aromatic carbocycles. The molecule has 0 radical (unpaired) electrons. The molecule has 0 saturated carbocycles. The highest BCUT2D eigenvalue weighted by Crippen LogP contribution is 2.40. The Labute approximate surface area is 137 Å². The highest BCUT2D eigenvalue weighted by Gasteiger charge is 2.26. The van der Waals surface area contributed by atoms with E-state index >= 15 is 0 Å². The van der Waals surface area contributed by atoms with Crippen molar-refractivity contribution in [1.29, 1.82) is 0 Å². The van der Waals surface area contributed by atoms with Gasteiger partial charge in [-0.25, -0.2) is 0 Å². The Morgan fingerprint density at radius 1 is 1.21 bits per heavy atom. The maximum Gasteiger partial charge on any atom is 0.262 e. The second-order valence-electron chi connectivity index (χ2n) is 4.91. The van der Waals surface area contributed by atoms with Gasteiger partial charge in [-0.05, 0) is 17.7 Å². The number of carbonyl (C=O) groups is 3. The van der Waals surface area contributed by atoms with E-state index in [9.17, 15) is 14.4 Å². The number of fused-ring (bicyclic) bond motifs is 1. The van der Waals surface area contributed by atoms with Gasteiger partial charge < -0.3 is 20.3 Å². The van der Waals surface area contributed by atoms with E-state index in [2.05, 4.69) is 5.32 Å². The van der Waals surface area contributed by atoms with Crippen LogP contribution in [0.5, 0.6) is 11.5 Å². The van der Waals surface area contributed by atoms with Gasteiger partial charge in [-0.3, -0.25) is 14.4 Å². The van der Waals surface area contributed by atoms with Crippen molar-refractivity contribution in [3.05, 3.63) is 53.6 Å². The minimum atomic E-state index is -0.716. The van der Waals surface area contributed by atoms with E-state index < -0.39 is 5.78 Å². The number of Topliss-reactive ketones (excluding diaryl/α,β-unsaturated/α-hetero) is 1. The van der Waals surface area contributed by atoms with Gasteiger partial charge in [-0.1, -0.05) is 30.3 Å². The molecule has 1 amide bonds.